The number of rotatable bonds is 2. The summed E-state index contributed by atoms with van der Waals surface area (Å²) in [4.78, 5) is 14.7. The highest BCUT2D eigenvalue weighted by Crippen LogP contribution is 2.15. The van der Waals surface area contributed by atoms with Crippen LogP contribution in [0.3, 0.4) is 0 Å². The Morgan fingerprint density at radius 1 is 1.53 bits per heavy atom. The van der Waals surface area contributed by atoms with Gasteiger partial charge in [0.25, 0.3) is 0 Å². The summed E-state index contributed by atoms with van der Waals surface area (Å²) in [5, 5.41) is 10.9. The molecule has 0 radical (unpaired) electrons. The number of hydrogen-bond donors (Lipinski definition) is 0. The maximum absolute atomic E-state index is 10.8. The molecule has 0 amide bonds. The van der Waals surface area contributed by atoms with Crippen LogP contribution < -0.4 is 0 Å². The van der Waals surface area contributed by atoms with E-state index >= 15 is 0 Å². The van der Waals surface area contributed by atoms with Gasteiger partial charge in [-0.05, 0) is 12.1 Å². The van der Waals surface area contributed by atoms with E-state index in [2.05, 4.69) is 10.1 Å². The zero-order valence-corrected chi connectivity index (χ0v) is 8.27. The van der Waals surface area contributed by atoms with Crippen molar-refractivity contribution in [3.63, 3.8) is 0 Å². The maximum Gasteiger partial charge on any atom is 0.553 e. The van der Waals surface area contributed by atoms with E-state index in [-0.39, 0.29) is 10.7 Å². The molecule has 0 aliphatic heterocycles. The number of aromatic nitrogens is 3. The first-order chi connectivity index (χ1) is 7.18. The molecule has 15 heavy (non-hydrogen) atoms. The van der Waals surface area contributed by atoms with Gasteiger partial charge in [0, 0.05) is 11.0 Å². The average Bonchev–Trinajstić information content (AvgIpc) is 2.62. The molecule has 0 aromatic carbocycles. The molecule has 2 aromatic rings. The van der Waals surface area contributed by atoms with Crippen molar-refractivity contribution >= 4 is 17.6 Å². The molecule has 0 saturated heterocycles. The number of carbonyl (C=O) groups excluding carboxylic acids is 1. The van der Waals surface area contributed by atoms with Crippen molar-refractivity contribution in [3.05, 3.63) is 41.4 Å². The molecule has 0 unspecified atom stereocenters. The highest BCUT2D eigenvalue weighted by atomic mass is 35.5. The Morgan fingerprint density at radius 3 is 2.87 bits per heavy atom. The SMILES string of the molecule is O=C([OH2+])c1cn(-c2cccnc2)nc1Cl. The Labute approximate surface area is 89.9 Å². The van der Waals surface area contributed by atoms with Crippen LogP contribution in [0.15, 0.2) is 30.7 Å². The van der Waals surface area contributed by atoms with Crippen molar-refractivity contribution in [2.45, 2.75) is 0 Å². The highest BCUT2D eigenvalue weighted by Gasteiger charge is 2.20. The summed E-state index contributed by atoms with van der Waals surface area (Å²) in [6.45, 7) is 0. The van der Waals surface area contributed by atoms with Crippen molar-refractivity contribution < 1.29 is 9.90 Å². The summed E-state index contributed by atoms with van der Waals surface area (Å²) in [6, 6.07) is 3.52. The number of nitrogens with zero attached hydrogens (tertiary/aromatic N) is 3. The van der Waals surface area contributed by atoms with Crippen LogP contribution in [0.1, 0.15) is 10.4 Å². The number of hydrogen-bond acceptors (Lipinski definition) is 3. The summed E-state index contributed by atoms with van der Waals surface area (Å²) in [5.41, 5.74) is 0.771. The van der Waals surface area contributed by atoms with Crippen molar-refractivity contribution in [2.24, 2.45) is 0 Å². The van der Waals surface area contributed by atoms with Crippen molar-refractivity contribution in [3.8, 4) is 5.69 Å². The minimum atomic E-state index is -0.852. The second-order valence-corrected chi connectivity index (χ2v) is 3.18. The molecule has 76 valence electrons. The van der Waals surface area contributed by atoms with Crippen molar-refractivity contribution in [1.29, 1.82) is 0 Å². The molecule has 0 spiro atoms. The Balaban J connectivity index is 2.48. The first-order valence-electron chi connectivity index (χ1n) is 4.10. The standard InChI is InChI=1S/C9H6ClN3O2/c10-8-7(9(14)15)5-13(12-8)6-2-1-3-11-4-6/h1-5H,(H,14,15)/p+1. The van der Waals surface area contributed by atoms with Gasteiger partial charge in [0.15, 0.2) is 10.7 Å². The third-order valence-electron chi connectivity index (χ3n) is 1.82. The van der Waals surface area contributed by atoms with Crippen molar-refractivity contribution in [2.75, 3.05) is 0 Å². The van der Waals surface area contributed by atoms with E-state index in [1.165, 1.54) is 10.9 Å². The zero-order chi connectivity index (χ0) is 10.8. The van der Waals surface area contributed by atoms with Crippen LogP contribution in [-0.4, -0.2) is 25.8 Å². The average molecular weight is 225 g/mol. The summed E-state index contributed by atoms with van der Waals surface area (Å²) in [5.74, 6) is -0.852. The second kappa shape index (κ2) is 3.70. The fourth-order valence-corrected chi connectivity index (χ4v) is 1.34. The molecular weight excluding hydrogens is 218 g/mol. The lowest BCUT2D eigenvalue weighted by atomic mass is 10.4. The Kier molecular flexibility index (Phi) is 2.39. The maximum atomic E-state index is 10.8. The van der Waals surface area contributed by atoms with E-state index in [4.69, 9.17) is 16.7 Å². The Bertz CT molecular complexity index is 495. The van der Waals surface area contributed by atoms with E-state index in [1.807, 2.05) is 0 Å². The van der Waals surface area contributed by atoms with Crippen LogP contribution in [0.2, 0.25) is 5.15 Å². The van der Waals surface area contributed by atoms with Gasteiger partial charge in [0.2, 0.25) is 0 Å². The summed E-state index contributed by atoms with van der Waals surface area (Å²) in [6.07, 6.45) is 4.63. The van der Waals surface area contributed by atoms with Gasteiger partial charge in [0.1, 0.15) is 0 Å². The van der Waals surface area contributed by atoms with Gasteiger partial charge < -0.3 is 5.11 Å². The smallest absolute Gasteiger partial charge is 0.553 e. The predicted molar refractivity (Wildman–Crippen MR) is 54.3 cm³/mol. The van der Waals surface area contributed by atoms with E-state index in [0.717, 1.165) is 0 Å². The molecule has 6 heteroatoms. The normalized spacial score (nSPS) is 10.2. The van der Waals surface area contributed by atoms with Crippen LogP contribution >= 0.6 is 11.6 Å². The van der Waals surface area contributed by atoms with E-state index in [0.29, 0.717) is 5.69 Å². The molecule has 2 heterocycles. The van der Waals surface area contributed by atoms with Crippen LogP contribution in [0.5, 0.6) is 0 Å². The summed E-state index contributed by atoms with van der Waals surface area (Å²) >= 11 is 5.70. The zero-order valence-electron chi connectivity index (χ0n) is 7.51. The largest absolute Gasteiger partial charge is 0.561 e. The van der Waals surface area contributed by atoms with Crippen LogP contribution in [0.25, 0.3) is 5.69 Å². The first kappa shape index (κ1) is 9.67. The number of carbonyl (C=O) groups is 1. The third kappa shape index (κ3) is 1.82. The van der Waals surface area contributed by atoms with E-state index < -0.39 is 5.97 Å². The fraction of sp³-hybridized carbons (Fsp3) is 0. The predicted octanol–water partition coefficient (Wildman–Crippen LogP) is 0.785. The molecule has 0 atom stereocenters. The van der Waals surface area contributed by atoms with Gasteiger partial charge in [-0.1, -0.05) is 11.6 Å². The number of halogens is 1. The molecule has 2 aromatic heterocycles. The van der Waals surface area contributed by atoms with E-state index in [9.17, 15) is 4.79 Å². The molecule has 0 aliphatic carbocycles. The molecule has 5 nitrogen and oxygen atoms in total. The molecular formula is C9H7ClN3O2+. The lowest BCUT2D eigenvalue weighted by Crippen LogP contribution is -1.95. The van der Waals surface area contributed by atoms with Gasteiger partial charge in [-0.3, -0.25) is 4.98 Å². The molecule has 0 fully saturated rings. The van der Waals surface area contributed by atoms with Gasteiger partial charge in [0.05, 0.1) is 18.1 Å². The van der Waals surface area contributed by atoms with E-state index in [1.54, 1.807) is 24.5 Å². The summed E-state index contributed by atoms with van der Waals surface area (Å²) in [7, 11) is 0. The molecule has 0 saturated carbocycles. The minimum absolute atomic E-state index is 0.0267. The molecule has 0 aliphatic rings. The highest BCUT2D eigenvalue weighted by molar-refractivity contribution is 6.32. The quantitative estimate of drug-likeness (QED) is 0.708. The fourth-order valence-electron chi connectivity index (χ4n) is 1.13. The Morgan fingerprint density at radius 2 is 2.33 bits per heavy atom. The number of pyridine rings is 1. The summed E-state index contributed by atoms with van der Waals surface area (Å²) < 4.78 is 1.41. The lowest BCUT2D eigenvalue weighted by molar-refractivity contribution is 0.0697. The Hall–Kier alpha value is -1.88. The monoisotopic (exact) mass is 224 g/mol. The second-order valence-electron chi connectivity index (χ2n) is 2.82. The van der Waals surface area contributed by atoms with Crippen LogP contribution in [-0.2, 0) is 0 Å². The van der Waals surface area contributed by atoms with Gasteiger partial charge in [-0.15, -0.1) is 0 Å². The molecule has 2 N–H and O–H groups in total. The van der Waals surface area contributed by atoms with Crippen molar-refractivity contribution in [1.82, 2.24) is 14.8 Å². The van der Waals surface area contributed by atoms with Gasteiger partial charge in [-0.25, -0.2) is 4.68 Å². The molecule has 0 bridgehead atoms. The first-order valence-corrected chi connectivity index (χ1v) is 4.48. The van der Waals surface area contributed by atoms with Gasteiger partial charge in [-0.2, -0.15) is 5.10 Å². The third-order valence-corrected chi connectivity index (χ3v) is 2.10. The lowest BCUT2D eigenvalue weighted by Gasteiger charge is -1.97. The molecule has 2 rings (SSSR count). The van der Waals surface area contributed by atoms with Gasteiger partial charge >= 0.3 is 5.97 Å². The minimum Gasteiger partial charge on any atom is -0.561 e. The topological polar surface area (TPSA) is 70.7 Å². The van der Waals surface area contributed by atoms with Crippen LogP contribution in [0.4, 0.5) is 0 Å². The van der Waals surface area contributed by atoms with Crippen LogP contribution in [0, 0.1) is 0 Å².